The normalized spacial score (nSPS) is 26.7. The van der Waals surface area contributed by atoms with Crippen LogP contribution in [-0.4, -0.2) is 17.6 Å². The third-order valence-electron chi connectivity index (χ3n) is 3.25. The lowest BCUT2D eigenvalue weighted by molar-refractivity contribution is 0.390. The molecule has 2 atom stereocenters. The van der Waals surface area contributed by atoms with E-state index in [1.165, 1.54) is 12.8 Å². The van der Waals surface area contributed by atoms with E-state index in [9.17, 15) is 0 Å². The first-order valence-electron chi connectivity index (χ1n) is 5.64. The van der Waals surface area contributed by atoms with Crippen molar-refractivity contribution in [2.45, 2.75) is 32.7 Å². The van der Waals surface area contributed by atoms with Crippen LogP contribution in [0.25, 0.3) is 0 Å². The fraction of sp³-hybridized carbons (Fsp3) is 0.583. The summed E-state index contributed by atoms with van der Waals surface area (Å²) < 4.78 is 0. The number of anilines is 2. The van der Waals surface area contributed by atoms with E-state index in [-0.39, 0.29) is 0 Å². The second-order valence-corrected chi connectivity index (χ2v) is 4.62. The summed E-state index contributed by atoms with van der Waals surface area (Å²) in [6.45, 7) is 5.68. The summed E-state index contributed by atoms with van der Waals surface area (Å²) in [6.07, 6.45) is 6.13. The first kappa shape index (κ1) is 10.3. The third kappa shape index (κ3) is 2.06. The van der Waals surface area contributed by atoms with Crippen LogP contribution in [0.5, 0.6) is 0 Å². The molecular formula is C12H19N3. The minimum Gasteiger partial charge on any atom is -0.396 e. The molecule has 0 spiro atoms. The number of hydrogen-bond donors (Lipinski definition) is 1. The number of rotatable bonds is 1. The molecule has 3 heteroatoms. The smallest absolute Gasteiger partial charge is 0.0738 e. The highest BCUT2D eigenvalue weighted by Crippen LogP contribution is 2.30. The van der Waals surface area contributed by atoms with Gasteiger partial charge in [-0.2, -0.15) is 0 Å². The highest BCUT2D eigenvalue weighted by Gasteiger charge is 2.24. The highest BCUT2D eigenvalue weighted by molar-refractivity contribution is 5.66. The molecule has 0 radical (unpaired) electrons. The van der Waals surface area contributed by atoms with Crippen LogP contribution in [0, 0.1) is 5.92 Å². The largest absolute Gasteiger partial charge is 0.396 e. The second-order valence-electron chi connectivity index (χ2n) is 4.62. The van der Waals surface area contributed by atoms with Gasteiger partial charge in [0.2, 0.25) is 0 Å². The zero-order chi connectivity index (χ0) is 10.8. The first-order valence-corrected chi connectivity index (χ1v) is 5.64. The van der Waals surface area contributed by atoms with E-state index < -0.39 is 0 Å². The van der Waals surface area contributed by atoms with Gasteiger partial charge in [-0.15, -0.1) is 0 Å². The average molecular weight is 205 g/mol. The van der Waals surface area contributed by atoms with Crippen molar-refractivity contribution in [2.24, 2.45) is 5.92 Å². The summed E-state index contributed by atoms with van der Waals surface area (Å²) in [4.78, 5) is 6.44. The van der Waals surface area contributed by atoms with Crippen LogP contribution in [0.4, 0.5) is 11.4 Å². The highest BCUT2D eigenvalue weighted by atomic mass is 15.2. The molecule has 0 aliphatic carbocycles. The van der Waals surface area contributed by atoms with Crippen molar-refractivity contribution in [3.8, 4) is 0 Å². The van der Waals surface area contributed by atoms with Gasteiger partial charge in [-0.25, -0.2) is 0 Å². The van der Waals surface area contributed by atoms with Crippen LogP contribution in [0.3, 0.4) is 0 Å². The Morgan fingerprint density at radius 2 is 2.20 bits per heavy atom. The predicted octanol–water partition coefficient (Wildman–Crippen LogP) is 2.29. The number of hydrogen-bond acceptors (Lipinski definition) is 3. The molecule has 1 aromatic heterocycles. The summed E-state index contributed by atoms with van der Waals surface area (Å²) in [7, 11) is 0. The minimum atomic E-state index is 0.589. The van der Waals surface area contributed by atoms with Crippen LogP contribution in [-0.2, 0) is 0 Å². The fourth-order valence-corrected chi connectivity index (χ4v) is 2.29. The number of nitrogen functional groups attached to an aromatic ring is 1. The molecule has 15 heavy (non-hydrogen) atoms. The maximum atomic E-state index is 5.95. The van der Waals surface area contributed by atoms with E-state index in [2.05, 4.69) is 23.7 Å². The Bertz CT molecular complexity index is 337. The van der Waals surface area contributed by atoms with Gasteiger partial charge in [-0.1, -0.05) is 6.92 Å². The van der Waals surface area contributed by atoms with Gasteiger partial charge in [0.25, 0.3) is 0 Å². The molecule has 1 aromatic rings. The monoisotopic (exact) mass is 205 g/mol. The standard InChI is InChI=1S/C12H19N3/c1-9-3-4-10(2)15(8-9)12-5-6-14-7-11(12)13/h5-7,9-10H,3-4,8,13H2,1-2H3. The molecule has 1 aliphatic rings. The van der Waals surface area contributed by atoms with Gasteiger partial charge in [0, 0.05) is 18.8 Å². The van der Waals surface area contributed by atoms with Crippen molar-refractivity contribution < 1.29 is 0 Å². The Balaban J connectivity index is 2.25. The van der Waals surface area contributed by atoms with Crippen molar-refractivity contribution in [2.75, 3.05) is 17.2 Å². The predicted molar refractivity (Wildman–Crippen MR) is 63.9 cm³/mol. The molecular weight excluding hydrogens is 186 g/mol. The van der Waals surface area contributed by atoms with E-state index in [1.54, 1.807) is 6.20 Å². The molecule has 82 valence electrons. The van der Waals surface area contributed by atoms with E-state index in [0.29, 0.717) is 6.04 Å². The lowest BCUT2D eigenvalue weighted by Crippen LogP contribution is -2.41. The van der Waals surface area contributed by atoms with Crippen molar-refractivity contribution in [3.63, 3.8) is 0 Å². The van der Waals surface area contributed by atoms with Gasteiger partial charge in [0.1, 0.15) is 0 Å². The van der Waals surface area contributed by atoms with E-state index in [4.69, 9.17) is 5.73 Å². The Labute approximate surface area is 91.3 Å². The number of piperidine rings is 1. The molecule has 0 saturated carbocycles. The first-order chi connectivity index (χ1) is 7.18. The number of pyridine rings is 1. The van der Waals surface area contributed by atoms with Crippen LogP contribution >= 0.6 is 0 Å². The molecule has 2 heterocycles. The van der Waals surface area contributed by atoms with Gasteiger partial charge >= 0.3 is 0 Å². The number of nitrogens with zero attached hydrogens (tertiary/aromatic N) is 2. The summed E-state index contributed by atoms with van der Waals surface area (Å²) in [5.41, 5.74) is 7.89. The van der Waals surface area contributed by atoms with Gasteiger partial charge in [-0.3, -0.25) is 4.98 Å². The van der Waals surface area contributed by atoms with Crippen LogP contribution in [0.15, 0.2) is 18.5 Å². The van der Waals surface area contributed by atoms with Crippen molar-refractivity contribution in [1.82, 2.24) is 4.98 Å². The molecule has 2 N–H and O–H groups in total. The quantitative estimate of drug-likeness (QED) is 0.765. The summed E-state index contributed by atoms with van der Waals surface area (Å²) >= 11 is 0. The van der Waals surface area contributed by atoms with Crippen molar-refractivity contribution in [3.05, 3.63) is 18.5 Å². The molecule has 2 rings (SSSR count). The second kappa shape index (κ2) is 4.09. The molecule has 0 bridgehead atoms. The number of aromatic nitrogens is 1. The van der Waals surface area contributed by atoms with Crippen molar-refractivity contribution >= 4 is 11.4 Å². The maximum Gasteiger partial charge on any atom is 0.0738 e. The average Bonchev–Trinajstić information content (AvgIpc) is 2.23. The summed E-state index contributed by atoms with van der Waals surface area (Å²) in [6, 6.07) is 2.61. The Morgan fingerprint density at radius 1 is 1.40 bits per heavy atom. The number of nitrogens with two attached hydrogens (primary N) is 1. The molecule has 1 fully saturated rings. The SMILES string of the molecule is CC1CCC(C)N(c2ccncc2N)C1. The Kier molecular flexibility index (Phi) is 2.80. The van der Waals surface area contributed by atoms with E-state index in [0.717, 1.165) is 23.8 Å². The van der Waals surface area contributed by atoms with Crippen molar-refractivity contribution in [1.29, 1.82) is 0 Å². The zero-order valence-corrected chi connectivity index (χ0v) is 9.48. The van der Waals surface area contributed by atoms with E-state index in [1.807, 2.05) is 12.3 Å². The molecule has 1 aliphatic heterocycles. The molecule has 2 unspecified atom stereocenters. The Morgan fingerprint density at radius 3 is 2.93 bits per heavy atom. The molecule has 1 saturated heterocycles. The Hall–Kier alpha value is -1.25. The van der Waals surface area contributed by atoms with Gasteiger partial charge in [0.05, 0.1) is 17.6 Å². The van der Waals surface area contributed by atoms with Crippen LogP contribution < -0.4 is 10.6 Å². The summed E-state index contributed by atoms with van der Waals surface area (Å²) in [5, 5.41) is 0. The van der Waals surface area contributed by atoms with Gasteiger partial charge in [-0.05, 0) is 31.7 Å². The summed E-state index contributed by atoms with van der Waals surface area (Å²) in [5.74, 6) is 0.758. The van der Waals surface area contributed by atoms with Crippen LogP contribution in [0.1, 0.15) is 26.7 Å². The molecule has 0 aromatic carbocycles. The third-order valence-corrected chi connectivity index (χ3v) is 3.25. The lowest BCUT2D eigenvalue weighted by Gasteiger charge is -2.39. The van der Waals surface area contributed by atoms with Crippen LogP contribution in [0.2, 0.25) is 0 Å². The lowest BCUT2D eigenvalue weighted by atomic mass is 9.94. The van der Waals surface area contributed by atoms with Gasteiger partial charge in [0.15, 0.2) is 0 Å². The maximum absolute atomic E-state index is 5.95. The molecule has 3 nitrogen and oxygen atoms in total. The topological polar surface area (TPSA) is 42.2 Å². The minimum absolute atomic E-state index is 0.589. The molecule has 0 amide bonds. The van der Waals surface area contributed by atoms with E-state index >= 15 is 0 Å². The zero-order valence-electron chi connectivity index (χ0n) is 9.48. The fourth-order valence-electron chi connectivity index (χ4n) is 2.29. The van der Waals surface area contributed by atoms with Gasteiger partial charge < -0.3 is 10.6 Å².